The van der Waals surface area contributed by atoms with Crippen LogP contribution in [0.3, 0.4) is 0 Å². The number of rotatable bonds is 7. The third-order valence-corrected chi connectivity index (χ3v) is 4.25. The van der Waals surface area contributed by atoms with Crippen LogP contribution in [0.1, 0.15) is 37.0 Å². The van der Waals surface area contributed by atoms with E-state index in [4.69, 9.17) is 21.1 Å². The highest BCUT2D eigenvalue weighted by molar-refractivity contribution is 6.32. The van der Waals surface area contributed by atoms with Crippen molar-refractivity contribution in [1.29, 1.82) is 0 Å². The number of carbonyl (C=O) groups excluding carboxylic acids is 1. The molecule has 1 heterocycles. The van der Waals surface area contributed by atoms with Gasteiger partial charge in [0.25, 0.3) is 5.91 Å². The standard InChI is InChI=1S/C17H25ClN2O3/c1-4-8-20(13-6-7-19-11-13)17(21)12-9-14(18)16(23-5-2)15(10-12)22-3/h9-10,13,19H,4-8,11H2,1-3H3. The van der Waals surface area contributed by atoms with Crippen LogP contribution in [0.2, 0.25) is 5.02 Å². The molecular formula is C17H25ClN2O3. The predicted molar refractivity (Wildman–Crippen MR) is 91.8 cm³/mol. The van der Waals surface area contributed by atoms with E-state index in [0.717, 1.165) is 32.5 Å². The second-order valence-electron chi connectivity index (χ2n) is 5.57. The first-order valence-electron chi connectivity index (χ1n) is 8.14. The minimum atomic E-state index is -0.0104. The molecule has 5 nitrogen and oxygen atoms in total. The Hall–Kier alpha value is -1.46. The highest BCUT2D eigenvalue weighted by atomic mass is 35.5. The number of hydrogen-bond acceptors (Lipinski definition) is 4. The summed E-state index contributed by atoms with van der Waals surface area (Å²) in [4.78, 5) is 14.9. The number of hydrogen-bond donors (Lipinski definition) is 1. The summed E-state index contributed by atoms with van der Waals surface area (Å²) in [7, 11) is 1.55. The number of ether oxygens (including phenoxy) is 2. The number of nitrogens with one attached hydrogen (secondary N) is 1. The lowest BCUT2D eigenvalue weighted by Crippen LogP contribution is -2.42. The predicted octanol–water partition coefficient (Wildman–Crippen LogP) is 2.96. The molecule has 23 heavy (non-hydrogen) atoms. The molecule has 1 saturated heterocycles. The van der Waals surface area contributed by atoms with E-state index in [-0.39, 0.29) is 11.9 Å². The molecule has 2 rings (SSSR count). The van der Waals surface area contributed by atoms with Crippen LogP contribution >= 0.6 is 11.6 Å². The lowest BCUT2D eigenvalue weighted by molar-refractivity contribution is 0.0692. The maximum Gasteiger partial charge on any atom is 0.254 e. The van der Waals surface area contributed by atoms with E-state index >= 15 is 0 Å². The first kappa shape index (κ1) is 17.9. The van der Waals surface area contributed by atoms with E-state index in [1.807, 2.05) is 11.8 Å². The number of halogens is 1. The minimum Gasteiger partial charge on any atom is -0.493 e. The molecule has 1 aromatic rings. The van der Waals surface area contributed by atoms with Crippen molar-refractivity contribution in [1.82, 2.24) is 10.2 Å². The summed E-state index contributed by atoms with van der Waals surface area (Å²) in [5.74, 6) is 0.963. The molecule has 128 valence electrons. The average molecular weight is 341 g/mol. The Labute approximate surface area is 142 Å². The largest absolute Gasteiger partial charge is 0.493 e. The van der Waals surface area contributed by atoms with Gasteiger partial charge in [0, 0.05) is 24.7 Å². The molecule has 1 atom stereocenters. The second-order valence-corrected chi connectivity index (χ2v) is 5.97. The minimum absolute atomic E-state index is 0.0104. The quantitative estimate of drug-likeness (QED) is 0.829. The number of amides is 1. The summed E-state index contributed by atoms with van der Waals surface area (Å²) in [6.07, 6.45) is 1.90. The van der Waals surface area contributed by atoms with Crippen molar-refractivity contribution in [2.45, 2.75) is 32.7 Å². The van der Waals surface area contributed by atoms with E-state index in [0.29, 0.717) is 28.7 Å². The molecule has 0 spiro atoms. The summed E-state index contributed by atoms with van der Waals surface area (Å²) < 4.78 is 10.9. The van der Waals surface area contributed by atoms with Gasteiger partial charge in [-0.1, -0.05) is 18.5 Å². The Balaban J connectivity index is 2.31. The Morgan fingerprint density at radius 3 is 2.78 bits per heavy atom. The summed E-state index contributed by atoms with van der Waals surface area (Å²) >= 11 is 6.29. The lowest BCUT2D eigenvalue weighted by Gasteiger charge is -2.28. The smallest absolute Gasteiger partial charge is 0.254 e. The molecule has 0 aliphatic carbocycles. The van der Waals surface area contributed by atoms with Crippen molar-refractivity contribution < 1.29 is 14.3 Å². The number of benzene rings is 1. The van der Waals surface area contributed by atoms with Crippen LogP contribution in [0.25, 0.3) is 0 Å². The van der Waals surface area contributed by atoms with E-state index in [1.54, 1.807) is 19.2 Å². The van der Waals surface area contributed by atoms with Gasteiger partial charge in [-0.05, 0) is 38.4 Å². The molecular weight excluding hydrogens is 316 g/mol. The van der Waals surface area contributed by atoms with E-state index in [9.17, 15) is 4.79 Å². The van der Waals surface area contributed by atoms with E-state index in [2.05, 4.69) is 12.2 Å². The molecule has 1 aromatic carbocycles. The highest BCUT2D eigenvalue weighted by Crippen LogP contribution is 2.37. The maximum absolute atomic E-state index is 13.0. The van der Waals surface area contributed by atoms with Crippen LogP contribution in [-0.4, -0.2) is 50.2 Å². The van der Waals surface area contributed by atoms with Crippen LogP contribution in [0, 0.1) is 0 Å². The van der Waals surface area contributed by atoms with Gasteiger partial charge in [-0.15, -0.1) is 0 Å². The van der Waals surface area contributed by atoms with Crippen LogP contribution in [0.15, 0.2) is 12.1 Å². The molecule has 1 aliphatic rings. The van der Waals surface area contributed by atoms with Gasteiger partial charge >= 0.3 is 0 Å². The number of nitrogens with zero attached hydrogens (tertiary/aromatic N) is 1. The molecule has 1 amide bonds. The van der Waals surface area contributed by atoms with Crippen LogP contribution in [0.5, 0.6) is 11.5 Å². The van der Waals surface area contributed by atoms with Gasteiger partial charge in [0.15, 0.2) is 11.5 Å². The molecule has 1 N–H and O–H groups in total. The summed E-state index contributed by atoms with van der Waals surface area (Å²) in [5, 5.41) is 3.71. The molecule has 1 fully saturated rings. The highest BCUT2D eigenvalue weighted by Gasteiger charge is 2.27. The van der Waals surface area contributed by atoms with Crippen LogP contribution in [-0.2, 0) is 0 Å². The fourth-order valence-electron chi connectivity index (χ4n) is 2.89. The fourth-order valence-corrected chi connectivity index (χ4v) is 3.16. The monoisotopic (exact) mass is 340 g/mol. The maximum atomic E-state index is 13.0. The van der Waals surface area contributed by atoms with Gasteiger partial charge in [0.05, 0.1) is 18.7 Å². The Bertz CT molecular complexity index is 545. The number of carbonyl (C=O) groups is 1. The Kier molecular flexibility index (Phi) is 6.54. The molecule has 0 radical (unpaired) electrons. The van der Waals surface area contributed by atoms with Gasteiger partial charge in [-0.2, -0.15) is 0 Å². The zero-order valence-corrected chi connectivity index (χ0v) is 14.8. The van der Waals surface area contributed by atoms with Gasteiger partial charge in [-0.25, -0.2) is 0 Å². The van der Waals surface area contributed by atoms with E-state index < -0.39 is 0 Å². The molecule has 0 bridgehead atoms. The average Bonchev–Trinajstić information content (AvgIpc) is 3.07. The van der Waals surface area contributed by atoms with Crippen molar-refractivity contribution in [3.05, 3.63) is 22.7 Å². The topological polar surface area (TPSA) is 50.8 Å². The van der Waals surface area contributed by atoms with Crippen molar-refractivity contribution in [2.75, 3.05) is 33.4 Å². The molecule has 1 unspecified atom stereocenters. The van der Waals surface area contributed by atoms with Crippen molar-refractivity contribution in [3.63, 3.8) is 0 Å². The van der Waals surface area contributed by atoms with Crippen molar-refractivity contribution >= 4 is 17.5 Å². The van der Waals surface area contributed by atoms with Crippen LogP contribution < -0.4 is 14.8 Å². The van der Waals surface area contributed by atoms with Gasteiger partial charge in [-0.3, -0.25) is 4.79 Å². The van der Waals surface area contributed by atoms with Crippen LogP contribution in [0.4, 0.5) is 0 Å². The van der Waals surface area contributed by atoms with Gasteiger partial charge in [0.1, 0.15) is 0 Å². The Morgan fingerprint density at radius 1 is 1.43 bits per heavy atom. The van der Waals surface area contributed by atoms with Crippen molar-refractivity contribution in [3.8, 4) is 11.5 Å². The summed E-state index contributed by atoms with van der Waals surface area (Å²) in [5.41, 5.74) is 0.538. The van der Waals surface area contributed by atoms with Gasteiger partial charge < -0.3 is 19.7 Å². The number of methoxy groups -OCH3 is 1. The lowest BCUT2D eigenvalue weighted by atomic mass is 10.1. The molecule has 6 heteroatoms. The molecule has 0 aromatic heterocycles. The third-order valence-electron chi connectivity index (χ3n) is 3.97. The molecule has 1 aliphatic heterocycles. The normalized spacial score (nSPS) is 17.1. The van der Waals surface area contributed by atoms with Crippen molar-refractivity contribution in [2.24, 2.45) is 0 Å². The second kappa shape index (κ2) is 8.41. The first-order valence-corrected chi connectivity index (χ1v) is 8.52. The molecule has 0 saturated carbocycles. The zero-order chi connectivity index (χ0) is 16.8. The Morgan fingerprint density at radius 2 is 2.22 bits per heavy atom. The summed E-state index contributed by atoms with van der Waals surface area (Å²) in [6, 6.07) is 3.62. The first-order chi connectivity index (χ1) is 11.1. The third kappa shape index (κ3) is 4.09. The fraction of sp³-hybridized carbons (Fsp3) is 0.588. The van der Waals surface area contributed by atoms with Gasteiger partial charge in [0.2, 0.25) is 0 Å². The zero-order valence-electron chi connectivity index (χ0n) is 14.0. The summed E-state index contributed by atoms with van der Waals surface area (Å²) in [6.45, 7) is 6.97. The van der Waals surface area contributed by atoms with E-state index in [1.165, 1.54) is 0 Å². The SMILES string of the molecule is CCCN(C(=O)c1cc(Cl)c(OCC)c(OC)c1)C1CCNC1.